The van der Waals surface area contributed by atoms with Gasteiger partial charge in [-0.1, -0.05) is 12.1 Å². The molecule has 1 N–H and O–H groups in total. The largest absolute Gasteiger partial charge is 0.396 e. The average molecular weight is 346 g/mol. The highest BCUT2D eigenvalue weighted by molar-refractivity contribution is 5.94. The van der Waals surface area contributed by atoms with Gasteiger partial charge in [0.25, 0.3) is 5.91 Å². The van der Waals surface area contributed by atoms with Gasteiger partial charge in [0.1, 0.15) is 0 Å². The quantitative estimate of drug-likeness (QED) is 0.908. The summed E-state index contributed by atoms with van der Waals surface area (Å²) in [6.45, 7) is 8.75. The van der Waals surface area contributed by atoms with E-state index in [4.69, 9.17) is 4.74 Å². The van der Waals surface area contributed by atoms with Gasteiger partial charge in [-0.2, -0.15) is 0 Å². The molecule has 0 aromatic heterocycles. The van der Waals surface area contributed by atoms with Crippen molar-refractivity contribution in [2.24, 2.45) is 5.92 Å². The number of aliphatic hydroxyl groups excluding tert-OH is 1. The third-order valence-electron chi connectivity index (χ3n) is 5.26. The number of amides is 1. The molecule has 2 aliphatic heterocycles. The lowest BCUT2D eigenvalue weighted by Crippen LogP contribution is -2.44. The number of ether oxygens (including phenoxy) is 1. The van der Waals surface area contributed by atoms with Gasteiger partial charge in [-0.15, -0.1) is 0 Å². The van der Waals surface area contributed by atoms with Crippen LogP contribution in [0.15, 0.2) is 24.3 Å². The van der Waals surface area contributed by atoms with Gasteiger partial charge in [-0.25, -0.2) is 0 Å². The van der Waals surface area contributed by atoms with Crippen molar-refractivity contribution in [2.45, 2.75) is 45.4 Å². The molecule has 5 heteroatoms. The molecule has 2 heterocycles. The minimum Gasteiger partial charge on any atom is -0.396 e. The third-order valence-corrected chi connectivity index (χ3v) is 5.26. The van der Waals surface area contributed by atoms with Crippen molar-refractivity contribution in [3.63, 3.8) is 0 Å². The Morgan fingerprint density at radius 1 is 1.12 bits per heavy atom. The molecule has 1 aromatic rings. The number of rotatable bonds is 4. The van der Waals surface area contributed by atoms with Crippen LogP contribution in [0.3, 0.4) is 0 Å². The number of likely N-dealkylation sites (tertiary alicyclic amines) is 1. The summed E-state index contributed by atoms with van der Waals surface area (Å²) in [7, 11) is 0. The number of hydrogen-bond donors (Lipinski definition) is 1. The molecule has 138 valence electrons. The van der Waals surface area contributed by atoms with Crippen LogP contribution in [0.4, 0.5) is 0 Å². The molecule has 0 saturated carbocycles. The van der Waals surface area contributed by atoms with E-state index >= 15 is 0 Å². The maximum Gasteiger partial charge on any atom is 0.253 e. The lowest BCUT2D eigenvalue weighted by atomic mass is 9.97. The normalized spacial score (nSPS) is 26.0. The van der Waals surface area contributed by atoms with Gasteiger partial charge in [0, 0.05) is 44.9 Å². The summed E-state index contributed by atoms with van der Waals surface area (Å²) in [4.78, 5) is 16.9. The summed E-state index contributed by atoms with van der Waals surface area (Å²) in [5, 5.41) is 9.22. The molecule has 2 saturated heterocycles. The van der Waals surface area contributed by atoms with E-state index in [9.17, 15) is 9.90 Å². The molecule has 25 heavy (non-hydrogen) atoms. The van der Waals surface area contributed by atoms with E-state index in [-0.39, 0.29) is 24.7 Å². The van der Waals surface area contributed by atoms with Crippen LogP contribution < -0.4 is 0 Å². The van der Waals surface area contributed by atoms with Crippen molar-refractivity contribution in [1.82, 2.24) is 9.80 Å². The molecule has 2 fully saturated rings. The van der Waals surface area contributed by atoms with Crippen LogP contribution in [0.25, 0.3) is 0 Å². The van der Waals surface area contributed by atoms with Crippen LogP contribution in [-0.4, -0.2) is 65.8 Å². The van der Waals surface area contributed by atoms with Gasteiger partial charge < -0.3 is 14.7 Å². The maximum atomic E-state index is 12.6. The molecule has 2 atom stereocenters. The first-order valence-electron chi connectivity index (χ1n) is 9.42. The summed E-state index contributed by atoms with van der Waals surface area (Å²) < 4.78 is 5.78. The van der Waals surface area contributed by atoms with E-state index in [1.807, 2.05) is 17.0 Å². The first-order chi connectivity index (χ1) is 12.0. The van der Waals surface area contributed by atoms with Crippen molar-refractivity contribution in [3.8, 4) is 0 Å². The fraction of sp³-hybridized carbons (Fsp3) is 0.650. The van der Waals surface area contributed by atoms with Crippen molar-refractivity contribution < 1.29 is 14.6 Å². The second-order valence-corrected chi connectivity index (χ2v) is 7.57. The molecule has 0 aliphatic carbocycles. The number of hydrogen-bond acceptors (Lipinski definition) is 4. The Hall–Kier alpha value is -1.43. The zero-order chi connectivity index (χ0) is 17.8. The third kappa shape index (κ3) is 4.81. The molecule has 0 radical (unpaired) electrons. The summed E-state index contributed by atoms with van der Waals surface area (Å²) in [6, 6.07) is 8.03. The second kappa shape index (κ2) is 8.30. The molecule has 0 bridgehead atoms. The van der Waals surface area contributed by atoms with E-state index in [1.165, 1.54) is 5.56 Å². The highest BCUT2D eigenvalue weighted by Crippen LogP contribution is 2.19. The summed E-state index contributed by atoms with van der Waals surface area (Å²) in [5.41, 5.74) is 1.99. The first-order valence-corrected chi connectivity index (χ1v) is 9.42. The zero-order valence-electron chi connectivity index (χ0n) is 15.4. The van der Waals surface area contributed by atoms with Gasteiger partial charge >= 0.3 is 0 Å². The first kappa shape index (κ1) is 18.4. The highest BCUT2D eigenvalue weighted by atomic mass is 16.5. The van der Waals surface area contributed by atoms with Crippen molar-refractivity contribution >= 4 is 5.91 Å². The van der Waals surface area contributed by atoms with E-state index in [0.29, 0.717) is 5.92 Å². The SMILES string of the molecule is CC1CN(Cc2ccc(C(=O)N3CCC(CO)CC3)cc2)CC(C)O1. The van der Waals surface area contributed by atoms with Crippen LogP contribution in [0, 0.1) is 5.92 Å². The Morgan fingerprint density at radius 2 is 1.72 bits per heavy atom. The minimum absolute atomic E-state index is 0.108. The minimum atomic E-state index is 0.108. The number of morpholine rings is 1. The van der Waals surface area contributed by atoms with Crippen LogP contribution >= 0.6 is 0 Å². The monoisotopic (exact) mass is 346 g/mol. The molecule has 2 unspecified atom stereocenters. The van der Waals surface area contributed by atoms with Crippen molar-refractivity contribution in [3.05, 3.63) is 35.4 Å². The molecule has 3 rings (SSSR count). The Balaban J connectivity index is 1.56. The van der Waals surface area contributed by atoms with E-state index < -0.39 is 0 Å². The number of aliphatic hydroxyl groups is 1. The molecule has 1 aromatic carbocycles. The van der Waals surface area contributed by atoms with E-state index in [1.54, 1.807) is 0 Å². The van der Waals surface area contributed by atoms with Crippen molar-refractivity contribution in [2.75, 3.05) is 32.8 Å². The number of piperidine rings is 1. The predicted octanol–water partition coefficient (Wildman–Crippen LogP) is 2.14. The summed E-state index contributed by atoms with van der Waals surface area (Å²) in [6.07, 6.45) is 2.33. The number of nitrogens with zero attached hydrogens (tertiary/aromatic N) is 2. The number of carbonyl (C=O) groups is 1. The predicted molar refractivity (Wildman–Crippen MR) is 97.4 cm³/mol. The maximum absolute atomic E-state index is 12.6. The lowest BCUT2D eigenvalue weighted by molar-refractivity contribution is -0.0704. The van der Waals surface area contributed by atoms with Crippen LogP contribution in [0.2, 0.25) is 0 Å². The Labute approximate surface area is 150 Å². The smallest absolute Gasteiger partial charge is 0.253 e. The van der Waals surface area contributed by atoms with Gasteiger partial charge in [-0.3, -0.25) is 9.69 Å². The van der Waals surface area contributed by atoms with Crippen LogP contribution in [-0.2, 0) is 11.3 Å². The zero-order valence-corrected chi connectivity index (χ0v) is 15.4. The molecular weight excluding hydrogens is 316 g/mol. The topological polar surface area (TPSA) is 53.0 Å². The van der Waals surface area contributed by atoms with E-state index in [0.717, 1.165) is 51.1 Å². The van der Waals surface area contributed by atoms with Gasteiger partial charge in [0.05, 0.1) is 12.2 Å². The highest BCUT2D eigenvalue weighted by Gasteiger charge is 2.24. The Kier molecular flexibility index (Phi) is 6.10. The lowest BCUT2D eigenvalue weighted by Gasteiger charge is -2.35. The molecule has 1 amide bonds. The van der Waals surface area contributed by atoms with Crippen LogP contribution in [0.1, 0.15) is 42.6 Å². The number of carbonyl (C=O) groups excluding carboxylic acids is 1. The summed E-state index contributed by atoms with van der Waals surface area (Å²) >= 11 is 0. The average Bonchev–Trinajstić information content (AvgIpc) is 2.61. The van der Waals surface area contributed by atoms with Crippen molar-refractivity contribution in [1.29, 1.82) is 0 Å². The molecule has 2 aliphatic rings. The van der Waals surface area contributed by atoms with Gasteiger partial charge in [0.2, 0.25) is 0 Å². The number of benzene rings is 1. The van der Waals surface area contributed by atoms with E-state index in [2.05, 4.69) is 30.9 Å². The van der Waals surface area contributed by atoms with Gasteiger partial charge in [0.15, 0.2) is 0 Å². The fourth-order valence-corrected chi connectivity index (χ4v) is 3.93. The molecule has 0 spiro atoms. The Morgan fingerprint density at radius 3 is 2.28 bits per heavy atom. The summed E-state index contributed by atoms with van der Waals surface area (Å²) in [5.74, 6) is 0.460. The molecule has 5 nitrogen and oxygen atoms in total. The Bertz CT molecular complexity index is 557. The van der Waals surface area contributed by atoms with Gasteiger partial charge in [-0.05, 0) is 50.3 Å². The molecular formula is C20H30N2O3. The fourth-order valence-electron chi connectivity index (χ4n) is 3.93. The van der Waals surface area contributed by atoms with Crippen LogP contribution in [0.5, 0.6) is 0 Å². The standard InChI is InChI=1S/C20H30N2O3/c1-15-11-21(12-16(2)25-15)13-17-3-5-19(6-4-17)20(24)22-9-7-18(14-23)8-10-22/h3-6,15-16,18,23H,7-14H2,1-2H3. The second-order valence-electron chi connectivity index (χ2n) is 7.57.